The molecule has 0 aliphatic rings. The summed E-state index contributed by atoms with van der Waals surface area (Å²) >= 11 is 0. The van der Waals surface area contributed by atoms with E-state index < -0.39 is 0 Å². The number of nitrogens with zero attached hydrogens (tertiary/aromatic N) is 3. The third-order valence-electron chi connectivity index (χ3n) is 4.08. The van der Waals surface area contributed by atoms with Crippen LogP contribution >= 0.6 is 0 Å². The van der Waals surface area contributed by atoms with Crippen LogP contribution in [-0.2, 0) is 6.42 Å². The first-order chi connectivity index (χ1) is 13.0. The number of rotatable bonds is 6. The van der Waals surface area contributed by atoms with E-state index in [2.05, 4.69) is 17.0 Å². The standard InChI is InChI=1S/C21H23N3O3/c1-5-15-6-8-16(9-7-15)19-22-21(27-14(2)3)23-24(19)20(25)17-10-12-18(26-4)13-11-17/h6-14H,5H2,1-4H3. The topological polar surface area (TPSA) is 66.2 Å². The lowest BCUT2D eigenvalue weighted by atomic mass is 10.1. The van der Waals surface area contributed by atoms with Crippen molar-refractivity contribution >= 4 is 5.91 Å². The molecule has 1 aromatic heterocycles. The summed E-state index contributed by atoms with van der Waals surface area (Å²) < 4.78 is 12.1. The minimum Gasteiger partial charge on any atom is -0.497 e. The highest BCUT2D eigenvalue weighted by Gasteiger charge is 2.20. The predicted molar refractivity (Wildman–Crippen MR) is 103 cm³/mol. The van der Waals surface area contributed by atoms with Crippen LogP contribution in [0.4, 0.5) is 0 Å². The quantitative estimate of drug-likeness (QED) is 0.661. The molecule has 0 fully saturated rings. The summed E-state index contributed by atoms with van der Waals surface area (Å²) in [7, 11) is 1.59. The van der Waals surface area contributed by atoms with Crippen LogP contribution in [0.5, 0.6) is 11.8 Å². The van der Waals surface area contributed by atoms with Crippen molar-refractivity contribution < 1.29 is 14.3 Å². The van der Waals surface area contributed by atoms with Crippen molar-refractivity contribution in [2.24, 2.45) is 0 Å². The molecule has 0 aliphatic carbocycles. The number of carbonyl (C=O) groups is 1. The molecule has 2 aromatic carbocycles. The number of methoxy groups -OCH3 is 1. The van der Waals surface area contributed by atoms with Crippen molar-refractivity contribution in [3.05, 3.63) is 59.7 Å². The van der Waals surface area contributed by atoms with E-state index in [1.165, 1.54) is 10.2 Å². The van der Waals surface area contributed by atoms with Gasteiger partial charge < -0.3 is 9.47 Å². The molecule has 0 atom stereocenters. The molecule has 1 heterocycles. The number of hydrogen-bond acceptors (Lipinski definition) is 5. The van der Waals surface area contributed by atoms with Crippen LogP contribution in [0.25, 0.3) is 11.4 Å². The van der Waals surface area contributed by atoms with Gasteiger partial charge >= 0.3 is 6.01 Å². The highest BCUT2D eigenvalue weighted by Crippen LogP contribution is 2.23. The molecule has 3 rings (SSSR count). The van der Waals surface area contributed by atoms with Gasteiger partial charge in [-0.1, -0.05) is 31.2 Å². The number of carbonyl (C=O) groups excluding carboxylic acids is 1. The largest absolute Gasteiger partial charge is 0.497 e. The Bertz CT molecular complexity index is 913. The Morgan fingerprint density at radius 3 is 2.30 bits per heavy atom. The fourth-order valence-corrected chi connectivity index (χ4v) is 2.63. The van der Waals surface area contributed by atoms with Gasteiger partial charge in [0.1, 0.15) is 5.75 Å². The summed E-state index contributed by atoms with van der Waals surface area (Å²) in [6, 6.07) is 15.0. The van der Waals surface area contributed by atoms with Gasteiger partial charge in [-0.3, -0.25) is 4.79 Å². The van der Waals surface area contributed by atoms with Crippen molar-refractivity contribution in [3.63, 3.8) is 0 Å². The van der Waals surface area contributed by atoms with Crippen LogP contribution in [0.1, 0.15) is 36.7 Å². The van der Waals surface area contributed by atoms with Crippen molar-refractivity contribution in [1.82, 2.24) is 14.8 Å². The number of ether oxygens (including phenoxy) is 2. The first-order valence-corrected chi connectivity index (χ1v) is 8.93. The molecule has 0 saturated carbocycles. The van der Waals surface area contributed by atoms with Gasteiger partial charge in [0.15, 0.2) is 5.82 Å². The minimum absolute atomic E-state index is 0.0905. The maximum Gasteiger partial charge on any atom is 0.336 e. The Morgan fingerprint density at radius 2 is 1.74 bits per heavy atom. The molecule has 0 unspecified atom stereocenters. The predicted octanol–water partition coefficient (Wildman–Crippen LogP) is 3.99. The second-order valence-corrected chi connectivity index (χ2v) is 6.38. The molecule has 6 heteroatoms. The van der Waals surface area contributed by atoms with Gasteiger partial charge in [-0.15, -0.1) is 5.10 Å². The van der Waals surface area contributed by atoms with E-state index in [1.54, 1.807) is 31.4 Å². The zero-order valence-corrected chi connectivity index (χ0v) is 16.0. The van der Waals surface area contributed by atoms with Crippen LogP contribution < -0.4 is 9.47 Å². The Kier molecular flexibility index (Phi) is 5.54. The number of hydrogen-bond donors (Lipinski definition) is 0. The lowest BCUT2D eigenvalue weighted by Crippen LogP contribution is -2.15. The second-order valence-electron chi connectivity index (χ2n) is 6.38. The third kappa shape index (κ3) is 4.16. The third-order valence-corrected chi connectivity index (χ3v) is 4.08. The normalized spacial score (nSPS) is 10.9. The number of aromatic nitrogens is 3. The van der Waals surface area contributed by atoms with Crippen LogP contribution in [-0.4, -0.2) is 33.9 Å². The number of aryl methyl sites for hydroxylation is 1. The van der Waals surface area contributed by atoms with E-state index in [1.807, 2.05) is 38.1 Å². The van der Waals surface area contributed by atoms with E-state index in [0.717, 1.165) is 12.0 Å². The summed E-state index contributed by atoms with van der Waals surface area (Å²) in [5.41, 5.74) is 2.51. The summed E-state index contributed by atoms with van der Waals surface area (Å²) in [6.07, 6.45) is 0.853. The molecular weight excluding hydrogens is 342 g/mol. The monoisotopic (exact) mass is 365 g/mol. The molecule has 27 heavy (non-hydrogen) atoms. The lowest BCUT2D eigenvalue weighted by Gasteiger charge is -2.06. The highest BCUT2D eigenvalue weighted by molar-refractivity contribution is 5.97. The summed E-state index contributed by atoms with van der Waals surface area (Å²) in [5.74, 6) is 0.858. The highest BCUT2D eigenvalue weighted by atomic mass is 16.5. The average Bonchev–Trinajstić information content (AvgIpc) is 3.10. The molecule has 0 saturated heterocycles. The molecule has 140 valence electrons. The summed E-state index contributed by atoms with van der Waals surface area (Å²) in [6.45, 7) is 5.88. The van der Waals surface area contributed by atoms with Gasteiger partial charge in [0.05, 0.1) is 13.2 Å². The molecule has 0 spiro atoms. The molecule has 0 bridgehead atoms. The van der Waals surface area contributed by atoms with Crippen molar-refractivity contribution in [1.29, 1.82) is 0 Å². The van der Waals surface area contributed by atoms with Gasteiger partial charge in [0.2, 0.25) is 0 Å². The first kappa shape index (κ1) is 18.6. The Balaban J connectivity index is 2.02. The first-order valence-electron chi connectivity index (χ1n) is 8.93. The van der Waals surface area contributed by atoms with Crippen LogP contribution in [0.15, 0.2) is 48.5 Å². The molecule has 0 N–H and O–H groups in total. The maximum atomic E-state index is 13.0. The van der Waals surface area contributed by atoms with Gasteiger partial charge in [0.25, 0.3) is 5.91 Å². The molecule has 0 aliphatic heterocycles. The fraction of sp³-hybridized carbons (Fsp3) is 0.286. The molecule has 0 amide bonds. The summed E-state index contributed by atoms with van der Waals surface area (Å²) in [4.78, 5) is 17.5. The van der Waals surface area contributed by atoms with E-state index in [4.69, 9.17) is 9.47 Å². The molecular formula is C21H23N3O3. The zero-order valence-electron chi connectivity index (χ0n) is 16.0. The van der Waals surface area contributed by atoms with Gasteiger partial charge in [-0.25, -0.2) is 0 Å². The molecule has 6 nitrogen and oxygen atoms in total. The molecule has 3 aromatic rings. The Labute approximate surface area is 158 Å². The smallest absolute Gasteiger partial charge is 0.336 e. The second kappa shape index (κ2) is 8.03. The van der Waals surface area contributed by atoms with Gasteiger partial charge in [-0.05, 0) is 50.1 Å². The zero-order chi connectivity index (χ0) is 19.4. The lowest BCUT2D eigenvalue weighted by molar-refractivity contribution is 0.0943. The SMILES string of the molecule is CCc1ccc(-c2nc(OC(C)C)nn2C(=O)c2ccc(OC)cc2)cc1. The summed E-state index contributed by atoms with van der Waals surface area (Å²) in [5, 5.41) is 4.29. The Morgan fingerprint density at radius 1 is 1.07 bits per heavy atom. The van der Waals surface area contributed by atoms with E-state index in [9.17, 15) is 4.79 Å². The van der Waals surface area contributed by atoms with Gasteiger partial charge in [0, 0.05) is 11.1 Å². The fourth-order valence-electron chi connectivity index (χ4n) is 2.63. The van der Waals surface area contributed by atoms with Crippen LogP contribution in [0, 0.1) is 0 Å². The van der Waals surface area contributed by atoms with Crippen LogP contribution in [0.2, 0.25) is 0 Å². The Hall–Kier alpha value is -3.15. The van der Waals surface area contributed by atoms with E-state index in [0.29, 0.717) is 17.1 Å². The van der Waals surface area contributed by atoms with E-state index >= 15 is 0 Å². The van der Waals surface area contributed by atoms with Crippen LogP contribution in [0.3, 0.4) is 0 Å². The molecule has 0 radical (unpaired) electrons. The van der Waals surface area contributed by atoms with Crippen molar-refractivity contribution in [3.8, 4) is 23.1 Å². The minimum atomic E-state index is -0.279. The number of benzene rings is 2. The van der Waals surface area contributed by atoms with Crippen molar-refractivity contribution in [2.75, 3.05) is 7.11 Å². The maximum absolute atomic E-state index is 13.0. The average molecular weight is 365 g/mol. The van der Waals surface area contributed by atoms with Crippen molar-refractivity contribution in [2.45, 2.75) is 33.3 Å². The van der Waals surface area contributed by atoms with Gasteiger partial charge in [-0.2, -0.15) is 9.67 Å². The van der Waals surface area contributed by atoms with E-state index in [-0.39, 0.29) is 18.0 Å².